The third kappa shape index (κ3) is 1.94. The van der Waals surface area contributed by atoms with Crippen molar-refractivity contribution in [1.82, 2.24) is 19.7 Å². The number of rotatable bonds is 1. The first-order chi connectivity index (χ1) is 7.82. The summed E-state index contributed by atoms with van der Waals surface area (Å²) >= 11 is 3.04. The molecule has 2 aromatic rings. The molecule has 5 nitrogen and oxygen atoms in total. The predicted octanol–water partition coefficient (Wildman–Crippen LogP) is 2.29. The van der Waals surface area contributed by atoms with Gasteiger partial charge in [0.2, 0.25) is 0 Å². The van der Waals surface area contributed by atoms with Gasteiger partial charge in [0.25, 0.3) is 0 Å². The summed E-state index contributed by atoms with van der Waals surface area (Å²) in [7, 11) is 0. The van der Waals surface area contributed by atoms with Crippen LogP contribution in [0, 0.1) is 0 Å². The third-order valence-corrected chi connectivity index (χ3v) is 2.87. The molecule has 1 atom stereocenters. The van der Waals surface area contributed by atoms with Gasteiger partial charge in [-0.25, -0.2) is 14.6 Å². The highest BCUT2D eigenvalue weighted by Crippen LogP contribution is 2.34. The molecule has 0 spiro atoms. The molecular formula is C8H7BrF3N5. The number of halogens is 4. The molecule has 17 heavy (non-hydrogen) atoms. The molecule has 2 aromatic heterocycles. The van der Waals surface area contributed by atoms with Crippen LogP contribution in [0.3, 0.4) is 0 Å². The van der Waals surface area contributed by atoms with Gasteiger partial charge >= 0.3 is 6.18 Å². The van der Waals surface area contributed by atoms with E-state index in [0.717, 1.165) is 17.9 Å². The van der Waals surface area contributed by atoms with Crippen LogP contribution in [0.25, 0.3) is 11.0 Å². The number of anilines is 1. The van der Waals surface area contributed by atoms with Gasteiger partial charge in [-0.15, -0.1) is 0 Å². The van der Waals surface area contributed by atoms with Crippen LogP contribution in [-0.4, -0.2) is 25.9 Å². The van der Waals surface area contributed by atoms with Crippen LogP contribution >= 0.6 is 15.9 Å². The number of nitrogens with two attached hydrogens (primary N) is 1. The molecule has 2 rings (SSSR count). The van der Waals surface area contributed by atoms with Crippen molar-refractivity contribution in [3.8, 4) is 0 Å². The van der Waals surface area contributed by atoms with Crippen molar-refractivity contribution in [3.05, 3.63) is 10.9 Å². The third-order valence-electron chi connectivity index (χ3n) is 2.32. The standard InChI is InChI=1S/C8H7BrF3N5/c1-3(8(10,11)12)17-7-4(5(9)16-17)6(13)14-2-15-7/h2-3H,1H3,(H2,13,14,15). The zero-order valence-corrected chi connectivity index (χ0v) is 10.1. The molecule has 0 aromatic carbocycles. The Balaban J connectivity index is 2.68. The number of nitrogens with zero attached hydrogens (tertiary/aromatic N) is 4. The SMILES string of the molecule is CC(n1nc(Br)c2c(N)ncnc21)C(F)(F)F. The molecular weight excluding hydrogens is 303 g/mol. The molecule has 0 amide bonds. The minimum absolute atomic E-state index is 0.0502. The molecule has 92 valence electrons. The smallest absolute Gasteiger partial charge is 0.383 e. The summed E-state index contributed by atoms with van der Waals surface area (Å²) in [5, 5.41) is 4.03. The van der Waals surface area contributed by atoms with Crippen LogP contribution in [0.4, 0.5) is 19.0 Å². The molecule has 2 N–H and O–H groups in total. The van der Waals surface area contributed by atoms with Gasteiger partial charge in [-0.05, 0) is 22.9 Å². The molecule has 2 heterocycles. The highest BCUT2D eigenvalue weighted by Gasteiger charge is 2.39. The summed E-state index contributed by atoms with van der Waals surface area (Å²) in [5.41, 5.74) is 5.61. The first kappa shape index (κ1) is 12.1. The van der Waals surface area contributed by atoms with E-state index in [1.54, 1.807) is 0 Å². The number of nitrogen functional groups attached to an aromatic ring is 1. The molecule has 1 unspecified atom stereocenters. The zero-order valence-electron chi connectivity index (χ0n) is 8.53. The van der Waals surface area contributed by atoms with E-state index in [-0.39, 0.29) is 21.5 Å². The Morgan fingerprint density at radius 3 is 2.65 bits per heavy atom. The summed E-state index contributed by atoms with van der Waals surface area (Å²) < 4.78 is 38.8. The predicted molar refractivity (Wildman–Crippen MR) is 58.2 cm³/mol. The lowest BCUT2D eigenvalue weighted by Gasteiger charge is -2.16. The maximum atomic E-state index is 12.6. The molecule has 0 aliphatic heterocycles. The fourth-order valence-corrected chi connectivity index (χ4v) is 1.91. The number of hydrogen-bond acceptors (Lipinski definition) is 4. The Morgan fingerprint density at radius 1 is 1.41 bits per heavy atom. The van der Waals surface area contributed by atoms with Crippen molar-refractivity contribution in [1.29, 1.82) is 0 Å². The molecule has 0 saturated heterocycles. The van der Waals surface area contributed by atoms with Crippen molar-refractivity contribution in [3.63, 3.8) is 0 Å². The van der Waals surface area contributed by atoms with Gasteiger partial charge < -0.3 is 5.73 Å². The van der Waals surface area contributed by atoms with Gasteiger partial charge in [-0.1, -0.05) is 0 Å². The van der Waals surface area contributed by atoms with Crippen molar-refractivity contribution < 1.29 is 13.2 Å². The lowest BCUT2D eigenvalue weighted by Crippen LogP contribution is -2.24. The van der Waals surface area contributed by atoms with E-state index < -0.39 is 12.2 Å². The maximum absolute atomic E-state index is 12.6. The van der Waals surface area contributed by atoms with E-state index in [4.69, 9.17) is 5.73 Å². The van der Waals surface area contributed by atoms with Gasteiger partial charge in [0.05, 0.1) is 5.39 Å². The fraction of sp³-hybridized carbons (Fsp3) is 0.375. The zero-order chi connectivity index (χ0) is 12.8. The summed E-state index contributed by atoms with van der Waals surface area (Å²) in [6.07, 6.45) is -3.30. The average Bonchev–Trinajstić information content (AvgIpc) is 2.55. The summed E-state index contributed by atoms with van der Waals surface area (Å²) in [6, 6.07) is -1.79. The monoisotopic (exact) mass is 309 g/mol. The summed E-state index contributed by atoms with van der Waals surface area (Å²) in [6.45, 7) is 0.997. The van der Waals surface area contributed by atoms with E-state index in [2.05, 4.69) is 31.0 Å². The van der Waals surface area contributed by atoms with Gasteiger partial charge in [0.15, 0.2) is 5.65 Å². The molecule has 0 saturated carbocycles. The van der Waals surface area contributed by atoms with E-state index in [1.165, 1.54) is 0 Å². The van der Waals surface area contributed by atoms with Crippen molar-refractivity contribution in [2.24, 2.45) is 0 Å². The number of hydrogen-bond donors (Lipinski definition) is 1. The molecule has 0 aliphatic carbocycles. The Kier molecular flexibility index (Phi) is 2.72. The number of fused-ring (bicyclic) bond motifs is 1. The fourth-order valence-electron chi connectivity index (χ4n) is 1.36. The lowest BCUT2D eigenvalue weighted by molar-refractivity contribution is -0.164. The van der Waals surface area contributed by atoms with Crippen LogP contribution in [0.1, 0.15) is 13.0 Å². The van der Waals surface area contributed by atoms with Gasteiger partial charge in [0, 0.05) is 0 Å². The second-order valence-corrected chi connectivity index (χ2v) is 4.16. The van der Waals surface area contributed by atoms with Crippen LogP contribution in [0.15, 0.2) is 10.9 Å². The second kappa shape index (κ2) is 3.83. The summed E-state index contributed by atoms with van der Waals surface area (Å²) in [4.78, 5) is 7.48. The second-order valence-electron chi connectivity index (χ2n) is 3.41. The molecule has 0 aliphatic rings. The van der Waals surface area contributed by atoms with Crippen molar-refractivity contribution in [2.45, 2.75) is 19.1 Å². The van der Waals surface area contributed by atoms with E-state index in [1.807, 2.05) is 0 Å². The number of aromatic nitrogens is 4. The molecule has 0 bridgehead atoms. The Hall–Kier alpha value is -1.38. The first-order valence-corrected chi connectivity index (χ1v) is 5.32. The van der Waals surface area contributed by atoms with Crippen LogP contribution in [0.2, 0.25) is 0 Å². The quantitative estimate of drug-likeness (QED) is 0.877. The topological polar surface area (TPSA) is 69.6 Å². The van der Waals surface area contributed by atoms with E-state index in [0.29, 0.717) is 0 Å². The van der Waals surface area contributed by atoms with E-state index in [9.17, 15) is 13.2 Å². The van der Waals surface area contributed by atoms with Crippen LogP contribution in [0.5, 0.6) is 0 Å². The van der Waals surface area contributed by atoms with Crippen molar-refractivity contribution >= 4 is 32.8 Å². The largest absolute Gasteiger partial charge is 0.410 e. The van der Waals surface area contributed by atoms with Crippen LogP contribution in [-0.2, 0) is 0 Å². The minimum atomic E-state index is -4.40. The Bertz CT molecular complexity index is 564. The lowest BCUT2D eigenvalue weighted by atomic mass is 10.3. The minimum Gasteiger partial charge on any atom is -0.383 e. The van der Waals surface area contributed by atoms with Gasteiger partial charge in [0.1, 0.15) is 22.8 Å². The number of alkyl halides is 3. The van der Waals surface area contributed by atoms with Gasteiger partial charge in [-0.2, -0.15) is 18.3 Å². The van der Waals surface area contributed by atoms with Crippen molar-refractivity contribution in [2.75, 3.05) is 5.73 Å². The molecule has 0 fully saturated rings. The average molecular weight is 310 g/mol. The summed E-state index contributed by atoms with van der Waals surface area (Å²) in [5.74, 6) is 0.0856. The van der Waals surface area contributed by atoms with E-state index >= 15 is 0 Å². The van der Waals surface area contributed by atoms with Gasteiger partial charge in [-0.3, -0.25) is 0 Å². The molecule has 9 heteroatoms. The first-order valence-electron chi connectivity index (χ1n) is 4.53. The highest BCUT2D eigenvalue weighted by molar-refractivity contribution is 9.10. The Morgan fingerprint density at radius 2 is 2.06 bits per heavy atom. The Labute approximate surface area is 102 Å². The molecule has 0 radical (unpaired) electrons. The highest BCUT2D eigenvalue weighted by atomic mass is 79.9. The normalized spacial score (nSPS) is 14.2. The van der Waals surface area contributed by atoms with Crippen LogP contribution < -0.4 is 5.73 Å². The maximum Gasteiger partial charge on any atom is 0.410 e.